The minimum Gasteiger partial charge on any atom is -0.462 e. The maximum absolute atomic E-state index is 12.9. The zero-order chi connectivity index (χ0) is 51.6. The van der Waals surface area contributed by atoms with E-state index in [4.69, 9.17) is 14.2 Å². The number of ether oxygens (including phenoxy) is 3. The molecule has 0 saturated heterocycles. The molecule has 0 fully saturated rings. The van der Waals surface area contributed by atoms with Gasteiger partial charge in [0.2, 0.25) is 0 Å². The van der Waals surface area contributed by atoms with Gasteiger partial charge in [-0.05, 0) is 25.2 Å². The van der Waals surface area contributed by atoms with Crippen LogP contribution in [0.1, 0.15) is 374 Å². The highest BCUT2D eigenvalue weighted by atomic mass is 16.6. The summed E-state index contributed by atoms with van der Waals surface area (Å²) in [7, 11) is 0. The van der Waals surface area contributed by atoms with Crippen LogP contribution in [0.5, 0.6) is 0 Å². The molecular formula is C65H126O6. The highest BCUT2D eigenvalue weighted by Gasteiger charge is 2.19. The van der Waals surface area contributed by atoms with Crippen molar-refractivity contribution < 1.29 is 28.6 Å². The first kappa shape index (κ1) is 69.4. The minimum atomic E-state index is -0.763. The van der Waals surface area contributed by atoms with Crippen molar-refractivity contribution >= 4 is 17.9 Å². The second-order valence-corrected chi connectivity index (χ2v) is 22.9. The van der Waals surface area contributed by atoms with E-state index in [0.717, 1.165) is 63.7 Å². The van der Waals surface area contributed by atoms with Crippen LogP contribution >= 0.6 is 0 Å². The van der Waals surface area contributed by atoms with E-state index in [2.05, 4.69) is 27.7 Å². The van der Waals surface area contributed by atoms with E-state index in [1.807, 2.05) is 0 Å². The van der Waals surface area contributed by atoms with Gasteiger partial charge < -0.3 is 14.2 Å². The molecule has 0 rings (SSSR count). The third-order valence-electron chi connectivity index (χ3n) is 15.0. The third-order valence-corrected chi connectivity index (χ3v) is 15.0. The Labute approximate surface area is 444 Å². The van der Waals surface area contributed by atoms with Crippen molar-refractivity contribution in [1.82, 2.24) is 0 Å². The fourth-order valence-corrected chi connectivity index (χ4v) is 10.2. The highest BCUT2D eigenvalue weighted by molar-refractivity contribution is 5.71. The molecule has 0 saturated carbocycles. The molecule has 71 heavy (non-hydrogen) atoms. The largest absolute Gasteiger partial charge is 0.462 e. The zero-order valence-corrected chi connectivity index (χ0v) is 48.7. The van der Waals surface area contributed by atoms with Gasteiger partial charge in [-0.3, -0.25) is 14.4 Å². The minimum absolute atomic E-state index is 0.0610. The molecule has 422 valence electrons. The topological polar surface area (TPSA) is 78.9 Å². The van der Waals surface area contributed by atoms with Gasteiger partial charge in [0, 0.05) is 19.3 Å². The predicted octanol–water partition coefficient (Wildman–Crippen LogP) is 21.7. The molecule has 6 nitrogen and oxygen atoms in total. The molecule has 0 aromatic rings. The molecule has 0 aliphatic rings. The predicted molar refractivity (Wildman–Crippen MR) is 307 cm³/mol. The molecule has 0 heterocycles. The average molecular weight is 1000 g/mol. The van der Waals surface area contributed by atoms with Crippen LogP contribution in [-0.4, -0.2) is 37.2 Å². The summed E-state index contributed by atoms with van der Waals surface area (Å²) in [5.41, 5.74) is 0. The number of unbranched alkanes of at least 4 members (excludes halogenated alkanes) is 47. The zero-order valence-electron chi connectivity index (χ0n) is 48.7. The Bertz CT molecular complexity index is 1070. The lowest BCUT2D eigenvalue weighted by Gasteiger charge is -2.18. The Morgan fingerprint density at radius 3 is 0.690 bits per heavy atom. The maximum Gasteiger partial charge on any atom is 0.306 e. The Morgan fingerprint density at radius 2 is 0.465 bits per heavy atom. The van der Waals surface area contributed by atoms with Gasteiger partial charge in [0.25, 0.3) is 0 Å². The van der Waals surface area contributed by atoms with E-state index in [0.29, 0.717) is 19.3 Å². The van der Waals surface area contributed by atoms with Gasteiger partial charge in [-0.25, -0.2) is 0 Å². The molecule has 0 N–H and O–H groups in total. The Morgan fingerprint density at radius 1 is 0.268 bits per heavy atom. The van der Waals surface area contributed by atoms with Crippen LogP contribution in [0.15, 0.2) is 0 Å². The number of carbonyl (C=O) groups is 3. The van der Waals surface area contributed by atoms with Gasteiger partial charge in [-0.1, -0.05) is 336 Å². The molecule has 0 bridgehead atoms. The number of rotatable bonds is 60. The summed E-state index contributed by atoms with van der Waals surface area (Å²) in [6, 6.07) is 0. The number of carbonyl (C=O) groups excluding carboxylic acids is 3. The second kappa shape index (κ2) is 59.3. The SMILES string of the molecule is CCCCCCCCCCCCCCCCCCCC(=O)OC[C@H](COC(=O)CCCCCCCCCCCCCCCCC)OC(=O)CCCCCCCCCCCCCCCCCCCCC(C)C. The van der Waals surface area contributed by atoms with Crippen LogP contribution in [0, 0.1) is 5.92 Å². The van der Waals surface area contributed by atoms with Gasteiger partial charge in [-0.15, -0.1) is 0 Å². The number of hydrogen-bond donors (Lipinski definition) is 0. The normalized spacial score (nSPS) is 12.0. The molecule has 0 aromatic heterocycles. The Kier molecular flexibility index (Phi) is 58.0. The Balaban J connectivity index is 4.27. The molecule has 0 aromatic carbocycles. The highest BCUT2D eigenvalue weighted by Crippen LogP contribution is 2.19. The molecule has 0 radical (unpaired) electrons. The van der Waals surface area contributed by atoms with Gasteiger partial charge in [-0.2, -0.15) is 0 Å². The number of hydrogen-bond acceptors (Lipinski definition) is 6. The summed E-state index contributed by atoms with van der Waals surface area (Å²) in [6.07, 6.45) is 66.8. The summed E-state index contributed by atoms with van der Waals surface area (Å²) in [6.45, 7) is 9.10. The van der Waals surface area contributed by atoms with Crippen molar-refractivity contribution in [2.75, 3.05) is 13.2 Å². The summed E-state index contributed by atoms with van der Waals surface area (Å²) < 4.78 is 17.0. The summed E-state index contributed by atoms with van der Waals surface area (Å²) in [5.74, 6) is 0.0324. The molecule has 0 unspecified atom stereocenters. The molecule has 0 aliphatic heterocycles. The van der Waals surface area contributed by atoms with E-state index in [1.165, 1.54) is 270 Å². The first-order valence-corrected chi connectivity index (χ1v) is 32.4. The average Bonchev–Trinajstić information content (AvgIpc) is 3.36. The first-order chi connectivity index (χ1) is 34.9. The summed E-state index contributed by atoms with van der Waals surface area (Å²) in [4.78, 5) is 38.3. The lowest BCUT2D eigenvalue weighted by Crippen LogP contribution is -2.30. The lowest BCUT2D eigenvalue weighted by atomic mass is 10.0. The van der Waals surface area contributed by atoms with Crippen LogP contribution in [0.4, 0.5) is 0 Å². The van der Waals surface area contributed by atoms with Crippen LogP contribution in [0.25, 0.3) is 0 Å². The Hall–Kier alpha value is -1.59. The smallest absolute Gasteiger partial charge is 0.306 e. The van der Waals surface area contributed by atoms with Crippen molar-refractivity contribution in [3.63, 3.8) is 0 Å². The van der Waals surface area contributed by atoms with Crippen LogP contribution in [-0.2, 0) is 28.6 Å². The van der Waals surface area contributed by atoms with Crippen molar-refractivity contribution in [1.29, 1.82) is 0 Å². The van der Waals surface area contributed by atoms with E-state index in [-0.39, 0.29) is 31.1 Å². The maximum atomic E-state index is 12.9. The van der Waals surface area contributed by atoms with Crippen LogP contribution < -0.4 is 0 Å². The van der Waals surface area contributed by atoms with Crippen LogP contribution in [0.2, 0.25) is 0 Å². The quantitative estimate of drug-likeness (QED) is 0.0343. The molecule has 1 atom stereocenters. The fraction of sp³-hybridized carbons (Fsp3) is 0.954. The van der Waals surface area contributed by atoms with E-state index < -0.39 is 6.10 Å². The summed E-state index contributed by atoms with van der Waals surface area (Å²) >= 11 is 0. The van der Waals surface area contributed by atoms with Crippen molar-refractivity contribution in [2.24, 2.45) is 5.92 Å². The monoisotopic (exact) mass is 1000 g/mol. The van der Waals surface area contributed by atoms with Crippen molar-refractivity contribution in [3.8, 4) is 0 Å². The molecule has 6 heteroatoms. The second-order valence-electron chi connectivity index (χ2n) is 22.9. The van der Waals surface area contributed by atoms with Gasteiger partial charge >= 0.3 is 17.9 Å². The fourth-order valence-electron chi connectivity index (χ4n) is 10.2. The first-order valence-electron chi connectivity index (χ1n) is 32.4. The lowest BCUT2D eigenvalue weighted by molar-refractivity contribution is -0.167. The van der Waals surface area contributed by atoms with Crippen molar-refractivity contribution in [2.45, 2.75) is 381 Å². The van der Waals surface area contributed by atoms with E-state index in [1.54, 1.807) is 0 Å². The standard InChI is InChI=1S/C65H126O6/c1-5-7-9-11-13-15-17-19-21-24-29-33-37-41-45-49-53-57-64(67)70-60-62(59-69-63(66)56-52-48-44-40-36-32-27-20-18-16-14-12-10-8-6-2)71-65(68)58-54-50-46-42-38-34-30-26-23-22-25-28-31-35-39-43-47-51-55-61(3)4/h61-62H,5-60H2,1-4H3/t62-/m0/s1. The molecule has 0 spiro atoms. The molecular weight excluding hydrogens is 877 g/mol. The van der Waals surface area contributed by atoms with Gasteiger partial charge in [0.15, 0.2) is 6.10 Å². The summed E-state index contributed by atoms with van der Waals surface area (Å²) in [5, 5.41) is 0. The van der Waals surface area contributed by atoms with Crippen molar-refractivity contribution in [3.05, 3.63) is 0 Å². The molecule has 0 amide bonds. The number of esters is 3. The van der Waals surface area contributed by atoms with E-state index in [9.17, 15) is 14.4 Å². The molecule has 0 aliphatic carbocycles. The van der Waals surface area contributed by atoms with E-state index >= 15 is 0 Å². The third kappa shape index (κ3) is 59.2. The van der Waals surface area contributed by atoms with Gasteiger partial charge in [0.1, 0.15) is 13.2 Å². The van der Waals surface area contributed by atoms with Gasteiger partial charge in [0.05, 0.1) is 0 Å². The van der Waals surface area contributed by atoms with Crippen LogP contribution in [0.3, 0.4) is 0 Å².